The summed E-state index contributed by atoms with van der Waals surface area (Å²) in [5, 5.41) is 10.7. The van der Waals surface area contributed by atoms with Crippen LogP contribution in [0.5, 0.6) is 0 Å². The molecule has 0 saturated carbocycles. The Balaban J connectivity index is 1.98. The van der Waals surface area contributed by atoms with Crippen molar-refractivity contribution in [3.05, 3.63) is 38.9 Å². The number of nitrogens with zero attached hydrogens (tertiary/aromatic N) is 3. The molecule has 0 spiro atoms. The first-order chi connectivity index (χ1) is 9.99. The maximum absolute atomic E-state index is 12.3. The van der Waals surface area contributed by atoms with Crippen LogP contribution in [0.4, 0.5) is 5.69 Å². The highest BCUT2D eigenvalue weighted by atomic mass is 35.5. The topological polar surface area (TPSA) is 66.7 Å². The molecule has 6 nitrogen and oxygen atoms in total. The highest BCUT2D eigenvalue weighted by Gasteiger charge is 2.18. The van der Waals surface area contributed by atoms with E-state index in [4.69, 9.17) is 11.6 Å². The quantitative estimate of drug-likeness (QED) is 0.618. The summed E-state index contributed by atoms with van der Waals surface area (Å²) in [6.45, 7) is 3.66. The van der Waals surface area contributed by atoms with Crippen molar-refractivity contribution in [3.63, 3.8) is 0 Å². The van der Waals surface area contributed by atoms with Gasteiger partial charge in [-0.05, 0) is 38.1 Å². The summed E-state index contributed by atoms with van der Waals surface area (Å²) in [4.78, 5) is 26.4. The Hall–Kier alpha value is -1.66. The second kappa shape index (κ2) is 6.87. The van der Waals surface area contributed by atoms with Crippen molar-refractivity contribution in [1.29, 1.82) is 0 Å². The fourth-order valence-corrected chi connectivity index (χ4v) is 2.66. The van der Waals surface area contributed by atoms with Gasteiger partial charge in [0.15, 0.2) is 0 Å². The van der Waals surface area contributed by atoms with E-state index in [9.17, 15) is 14.9 Å². The highest BCUT2D eigenvalue weighted by molar-refractivity contribution is 6.33. The summed E-state index contributed by atoms with van der Waals surface area (Å²) >= 11 is 5.83. The first kappa shape index (κ1) is 15.7. The second-order valence-corrected chi connectivity index (χ2v) is 5.61. The predicted octanol–water partition coefficient (Wildman–Crippen LogP) is 2.42. The maximum atomic E-state index is 12.3. The van der Waals surface area contributed by atoms with Gasteiger partial charge in [0.05, 0.1) is 4.92 Å². The Kier molecular flexibility index (Phi) is 5.14. The molecule has 0 N–H and O–H groups in total. The molecule has 0 aliphatic carbocycles. The number of halogens is 1. The lowest BCUT2D eigenvalue weighted by Gasteiger charge is -2.21. The average Bonchev–Trinajstić information content (AvgIpc) is 2.96. The first-order valence-corrected chi connectivity index (χ1v) is 7.28. The number of hydrogen-bond donors (Lipinski definition) is 0. The van der Waals surface area contributed by atoms with E-state index < -0.39 is 4.92 Å². The zero-order chi connectivity index (χ0) is 15.4. The van der Waals surface area contributed by atoms with Crippen LogP contribution in [-0.4, -0.2) is 53.9 Å². The van der Waals surface area contributed by atoms with Gasteiger partial charge in [0.25, 0.3) is 11.6 Å². The van der Waals surface area contributed by atoms with Crippen LogP contribution in [0.3, 0.4) is 0 Å². The van der Waals surface area contributed by atoms with E-state index in [1.165, 1.54) is 31.0 Å². The minimum atomic E-state index is -0.562. The van der Waals surface area contributed by atoms with Crippen LogP contribution in [0, 0.1) is 10.1 Å². The number of likely N-dealkylation sites (N-methyl/N-ethyl adjacent to an activating group) is 1. The van der Waals surface area contributed by atoms with Gasteiger partial charge in [0.1, 0.15) is 5.02 Å². The highest BCUT2D eigenvalue weighted by Crippen LogP contribution is 2.25. The normalized spacial score (nSPS) is 15.1. The van der Waals surface area contributed by atoms with Gasteiger partial charge >= 0.3 is 0 Å². The van der Waals surface area contributed by atoms with Gasteiger partial charge in [-0.3, -0.25) is 14.9 Å². The fraction of sp³-hybridized carbons (Fsp3) is 0.500. The van der Waals surface area contributed by atoms with Gasteiger partial charge in [-0.1, -0.05) is 11.6 Å². The fourth-order valence-electron chi connectivity index (χ4n) is 2.41. The van der Waals surface area contributed by atoms with Crippen LogP contribution in [0.2, 0.25) is 5.02 Å². The Morgan fingerprint density at radius 3 is 2.67 bits per heavy atom. The van der Waals surface area contributed by atoms with E-state index in [1.54, 1.807) is 11.9 Å². The van der Waals surface area contributed by atoms with Gasteiger partial charge in [-0.25, -0.2) is 0 Å². The molecule has 114 valence electrons. The molecule has 2 rings (SSSR count). The van der Waals surface area contributed by atoms with E-state index in [0.29, 0.717) is 12.1 Å². The van der Waals surface area contributed by atoms with Crippen molar-refractivity contribution in [2.24, 2.45) is 0 Å². The number of amides is 1. The van der Waals surface area contributed by atoms with Gasteiger partial charge in [-0.2, -0.15) is 0 Å². The van der Waals surface area contributed by atoms with Crippen LogP contribution in [0.15, 0.2) is 18.2 Å². The van der Waals surface area contributed by atoms with Gasteiger partial charge in [-0.15, -0.1) is 0 Å². The lowest BCUT2D eigenvalue weighted by atomic mass is 10.2. The van der Waals surface area contributed by atoms with Gasteiger partial charge in [0.2, 0.25) is 0 Å². The Morgan fingerprint density at radius 1 is 1.43 bits per heavy atom. The summed E-state index contributed by atoms with van der Waals surface area (Å²) in [7, 11) is 1.73. The number of nitro benzene ring substituents is 1. The SMILES string of the molecule is CN(CCN1CCCC1)C(=O)c1ccc([N+](=O)[O-])c(Cl)c1. The van der Waals surface area contributed by atoms with Crippen LogP contribution in [0.1, 0.15) is 23.2 Å². The minimum Gasteiger partial charge on any atom is -0.340 e. The minimum absolute atomic E-state index is 0.0150. The van der Waals surface area contributed by atoms with Gasteiger partial charge < -0.3 is 9.80 Å². The number of nitro groups is 1. The van der Waals surface area contributed by atoms with Gasteiger partial charge in [0, 0.05) is 31.8 Å². The zero-order valence-corrected chi connectivity index (χ0v) is 12.7. The van der Waals surface area contributed by atoms with E-state index in [-0.39, 0.29) is 16.6 Å². The monoisotopic (exact) mass is 311 g/mol. The number of likely N-dealkylation sites (tertiary alicyclic amines) is 1. The molecule has 1 aromatic carbocycles. The molecular weight excluding hydrogens is 294 g/mol. The van der Waals surface area contributed by atoms with Crippen LogP contribution < -0.4 is 0 Å². The van der Waals surface area contributed by atoms with Crippen molar-refractivity contribution >= 4 is 23.2 Å². The second-order valence-electron chi connectivity index (χ2n) is 5.20. The third-order valence-electron chi connectivity index (χ3n) is 3.69. The Morgan fingerprint density at radius 2 is 2.10 bits per heavy atom. The van der Waals surface area contributed by atoms with Crippen molar-refractivity contribution in [3.8, 4) is 0 Å². The molecular formula is C14H18ClN3O3. The average molecular weight is 312 g/mol. The van der Waals surface area contributed by atoms with E-state index in [1.807, 2.05) is 0 Å². The smallest absolute Gasteiger partial charge is 0.287 e. The molecule has 1 saturated heterocycles. The van der Waals surface area contributed by atoms with E-state index >= 15 is 0 Å². The molecule has 1 fully saturated rings. The van der Waals surface area contributed by atoms with Crippen LogP contribution in [0.25, 0.3) is 0 Å². The number of carbonyl (C=O) groups is 1. The number of hydrogen-bond acceptors (Lipinski definition) is 4. The third kappa shape index (κ3) is 3.92. The summed E-state index contributed by atoms with van der Waals surface area (Å²) < 4.78 is 0. The third-order valence-corrected chi connectivity index (χ3v) is 3.99. The summed E-state index contributed by atoms with van der Waals surface area (Å²) in [6, 6.07) is 4.07. The predicted molar refractivity (Wildman–Crippen MR) is 80.7 cm³/mol. The molecule has 1 heterocycles. The lowest BCUT2D eigenvalue weighted by Crippen LogP contribution is -2.35. The molecule has 0 aromatic heterocycles. The standard InChI is InChI=1S/C14H18ClN3O3/c1-16(8-9-17-6-2-3-7-17)14(19)11-4-5-13(18(20)21)12(15)10-11/h4-5,10H,2-3,6-9H2,1H3. The molecule has 0 unspecified atom stereocenters. The Labute approximate surface area is 128 Å². The van der Waals surface area contributed by atoms with Crippen molar-refractivity contribution in [2.75, 3.05) is 33.2 Å². The number of carbonyl (C=O) groups excluding carboxylic acids is 1. The Bertz CT molecular complexity index is 544. The summed E-state index contributed by atoms with van der Waals surface area (Å²) in [5.41, 5.74) is 0.183. The molecule has 7 heteroatoms. The molecule has 1 aromatic rings. The van der Waals surface area contributed by atoms with Crippen molar-refractivity contribution < 1.29 is 9.72 Å². The number of benzene rings is 1. The van der Waals surface area contributed by atoms with Crippen LogP contribution in [-0.2, 0) is 0 Å². The summed E-state index contributed by atoms with van der Waals surface area (Å²) in [6.07, 6.45) is 2.44. The molecule has 1 aliphatic heterocycles. The zero-order valence-electron chi connectivity index (χ0n) is 11.9. The largest absolute Gasteiger partial charge is 0.340 e. The maximum Gasteiger partial charge on any atom is 0.287 e. The first-order valence-electron chi connectivity index (χ1n) is 6.91. The number of rotatable bonds is 5. The summed E-state index contributed by atoms with van der Waals surface area (Å²) in [5.74, 6) is -0.175. The van der Waals surface area contributed by atoms with E-state index in [2.05, 4.69) is 4.90 Å². The molecule has 0 radical (unpaired) electrons. The molecule has 21 heavy (non-hydrogen) atoms. The molecule has 0 bridgehead atoms. The van der Waals surface area contributed by atoms with Crippen molar-refractivity contribution in [1.82, 2.24) is 9.80 Å². The molecule has 1 amide bonds. The van der Waals surface area contributed by atoms with Crippen molar-refractivity contribution in [2.45, 2.75) is 12.8 Å². The lowest BCUT2D eigenvalue weighted by molar-refractivity contribution is -0.384. The van der Waals surface area contributed by atoms with E-state index in [0.717, 1.165) is 19.6 Å². The van der Waals surface area contributed by atoms with Crippen LogP contribution >= 0.6 is 11.6 Å². The molecule has 0 atom stereocenters. The molecule has 1 aliphatic rings.